The molecule has 1 atom stereocenters. The number of aliphatic carboxylic acids is 1. The Hall–Kier alpha value is -2.97. The van der Waals surface area contributed by atoms with Crippen LogP contribution in [0.1, 0.15) is 80.2 Å². The molecule has 220 valence electrons. The summed E-state index contributed by atoms with van der Waals surface area (Å²) in [7, 11) is 0. The minimum atomic E-state index is -0.699. The molecule has 2 aliphatic carbocycles. The molecule has 2 fully saturated rings. The maximum Gasteiger partial charge on any atom is 0.306 e. The molecule has 5 rings (SSSR count). The lowest BCUT2D eigenvalue weighted by molar-refractivity contribution is -0.143. The minimum absolute atomic E-state index is 0.108. The molecule has 1 saturated carbocycles. The Balaban J connectivity index is 1.31. The molecular formula is C32H38ClFN2O5. The number of benzene rings is 2. The lowest BCUT2D eigenvalue weighted by Crippen LogP contribution is -2.34. The van der Waals surface area contributed by atoms with Crippen LogP contribution in [-0.4, -0.2) is 52.4 Å². The van der Waals surface area contributed by atoms with Crippen molar-refractivity contribution >= 4 is 29.4 Å². The number of hydrogen-bond donors (Lipinski definition) is 1. The van der Waals surface area contributed by atoms with E-state index in [0.29, 0.717) is 25.3 Å². The van der Waals surface area contributed by atoms with Gasteiger partial charge in [0.1, 0.15) is 18.2 Å². The number of carbonyl (C=O) groups is 3. The van der Waals surface area contributed by atoms with Crippen LogP contribution in [0.4, 0.5) is 4.39 Å². The summed E-state index contributed by atoms with van der Waals surface area (Å²) in [5.41, 5.74) is 4.28. The first-order valence-electron chi connectivity index (χ1n) is 14.8. The maximum atomic E-state index is 14.2. The van der Waals surface area contributed by atoms with E-state index in [9.17, 15) is 23.9 Å². The fourth-order valence-electron chi connectivity index (χ4n) is 6.68. The number of carboxylic acids is 1. The van der Waals surface area contributed by atoms with Gasteiger partial charge in [0, 0.05) is 32.0 Å². The molecule has 2 amide bonds. The molecule has 0 radical (unpaired) electrons. The summed E-state index contributed by atoms with van der Waals surface area (Å²) in [6.45, 7) is 4.11. The van der Waals surface area contributed by atoms with Crippen molar-refractivity contribution in [3.05, 3.63) is 63.4 Å². The van der Waals surface area contributed by atoms with E-state index in [1.807, 2.05) is 6.07 Å². The van der Waals surface area contributed by atoms with Crippen molar-refractivity contribution in [1.29, 1.82) is 0 Å². The molecule has 41 heavy (non-hydrogen) atoms. The standard InChI is InChI=1S/C32H38ClFN2O5/c1-2-22-15-21(5-10-29(22)41-14-13-36-30(37)11-12-31(36)38)19-35(18-20-3-6-23(7-4-20)32(39)40)28-9-8-24-16-27(34)26(33)17-25(24)28/h5,10,15-17,20,23,28H,2-4,6-9,11-14,18-19H2,1H3,(H,39,40)/t20-,23-,28?. The Kier molecular flexibility index (Phi) is 9.29. The summed E-state index contributed by atoms with van der Waals surface area (Å²) >= 11 is 6.21. The zero-order chi connectivity index (χ0) is 29.1. The fourth-order valence-corrected chi connectivity index (χ4v) is 6.86. The number of carbonyl (C=O) groups excluding carboxylic acids is 2. The second-order valence-corrected chi connectivity index (χ2v) is 12.0. The lowest BCUT2D eigenvalue weighted by atomic mass is 9.81. The van der Waals surface area contributed by atoms with Gasteiger partial charge in [0.2, 0.25) is 11.8 Å². The van der Waals surface area contributed by atoms with E-state index in [-0.39, 0.29) is 60.6 Å². The number of ether oxygens (including phenoxy) is 1. The summed E-state index contributed by atoms with van der Waals surface area (Å²) in [4.78, 5) is 39.0. The van der Waals surface area contributed by atoms with E-state index in [1.54, 1.807) is 12.1 Å². The fraction of sp³-hybridized carbons (Fsp3) is 0.531. The number of amides is 2. The largest absolute Gasteiger partial charge is 0.491 e. The summed E-state index contributed by atoms with van der Waals surface area (Å²) in [5.74, 6) is -0.467. The summed E-state index contributed by atoms with van der Waals surface area (Å²) in [5, 5.41) is 9.58. The Morgan fingerprint density at radius 2 is 1.80 bits per heavy atom. The first kappa shape index (κ1) is 29.5. The van der Waals surface area contributed by atoms with Crippen LogP contribution in [0.25, 0.3) is 0 Å². The van der Waals surface area contributed by atoms with Gasteiger partial charge in [-0.25, -0.2) is 4.39 Å². The Morgan fingerprint density at radius 1 is 1.07 bits per heavy atom. The molecular weight excluding hydrogens is 547 g/mol. The van der Waals surface area contributed by atoms with Crippen molar-refractivity contribution in [2.24, 2.45) is 11.8 Å². The van der Waals surface area contributed by atoms with Crippen LogP contribution in [0.2, 0.25) is 5.02 Å². The molecule has 1 N–H and O–H groups in total. The predicted octanol–water partition coefficient (Wildman–Crippen LogP) is 5.95. The summed E-state index contributed by atoms with van der Waals surface area (Å²) in [6, 6.07) is 9.64. The number of fused-ring (bicyclic) bond motifs is 1. The minimum Gasteiger partial charge on any atom is -0.491 e. The van der Waals surface area contributed by atoms with Gasteiger partial charge in [-0.3, -0.25) is 24.2 Å². The zero-order valence-corrected chi connectivity index (χ0v) is 24.3. The van der Waals surface area contributed by atoms with E-state index >= 15 is 0 Å². The zero-order valence-electron chi connectivity index (χ0n) is 23.5. The van der Waals surface area contributed by atoms with E-state index in [1.165, 1.54) is 4.90 Å². The molecule has 0 bridgehead atoms. The third kappa shape index (κ3) is 6.75. The van der Waals surface area contributed by atoms with Gasteiger partial charge in [-0.2, -0.15) is 0 Å². The number of imide groups is 1. The van der Waals surface area contributed by atoms with Gasteiger partial charge >= 0.3 is 5.97 Å². The number of halogens is 2. The highest BCUT2D eigenvalue weighted by Gasteiger charge is 2.33. The normalized spacial score (nSPS) is 22.4. The Labute approximate surface area is 245 Å². The van der Waals surface area contributed by atoms with Crippen LogP contribution in [0, 0.1) is 17.7 Å². The highest BCUT2D eigenvalue weighted by Crippen LogP contribution is 2.41. The number of aryl methyl sites for hydroxylation is 2. The van der Waals surface area contributed by atoms with Crippen molar-refractivity contribution in [3.8, 4) is 5.75 Å². The number of carboxylic acid groups (broad SMARTS) is 1. The Morgan fingerprint density at radius 3 is 2.49 bits per heavy atom. The smallest absolute Gasteiger partial charge is 0.306 e. The van der Waals surface area contributed by atoms with E-state index in [2.05, 4.69) is 24.0 Å². The predicted molar refractivity (Wildman–Crippen MR) is 153 cm³/mol. The second-order valence-electron chi connectivity index (χ2n) is 11.6. The molecule has 1 aliphatic heterocycles. The summed E-state index contributed by atoms with van der Waals surface area (Å²) in [6.07, 6.45) is 6.17. The van der Waals surface area contributed by atoms with Crippen LogP contribution < -0.4 is 4.74 Å². The van der Waals surface area contributed by atoms with Crippen LogP contribution in [0.5, 0.6) is 5.75 Å². The van der Waals surface area contributed by atoms with Crippen molar-refractivity contribution in [1.82, 2.24) is 9.80 Å². The van der Waals surface area contributed by atoms with Crippen molar-refractivity contribution < 1.29 is 28.6 Å². The SMILES string of the molecule is CCc1cc(CN(C[C@H]2CC[C@H](C(=O)O)CC2)C2CCc3cc(F)c(Cl)cc32)ccc1OCCN1C(=O)CCC1=O. The van der Waals surface area contributed by atoms with Gasteiger partial charge in [0.05, 0.1) is 17.5 Å². The molecule has 1 unspecified atom stereocenters. The highest BCUT2D eigenvalue weighted by molar-refractivity contribution is 6.30. The molecule has 0 spiro atoms. The molecule has 0 aromatic heterocycles. The van der Waals surface area contributed by atoms with Crippen LogP contribution in [-0.2, 0) is 33.8 Å². The number of rotatable bonds is 11. The van der Waals surface area contributed by atoms with E-state index in [4.69, 9.17) is 16.3 Å². The first-order chi connectivity index (χ1) is 19.7. The molecule has 3 aliphatic rings. The van der Waals surface area contributed by atoms with Gasteiger partial charge in [-0.1, -0.05) is 30.7 Å². The van der Waals surface area contributed by atoms with Crippen LogP contribution in [0.3, 0.4) is 0 Å². The maximum absolute atomic E-state index is 14.2. The van der Waals surface area contributed by atoms with Crippen molar-refractivity contribution in [2.75, 3.05) is 19.7 Å². The average Bonchev–Trinajstić information content (AvgIpc) is 3.51. The number of hydrogen-bond acceptors (Lipinski definition) is 5. The third-order valence-electron chi connectivity index (χ3n) is 8.98. The van der Waals surface area contributed by atoms with Crippen LogP contribution >= 0.6 is 11.6 Å². The highest BCUT2D eigenvalue weighted by atomic mass is 35.5. The average molecular weight is 585 g/mol. The molecule has 2 aromatic carbocycles. The van der Waals surface area contributed by atoms with E-state index in [0.717, 1.165) is 66.7 Å². The second kappa shape index (κ2) is 12.9. The molecule has 9 heteroatoms. The van der Waals surface area contributed by atoms with Gasteiger partial charge in [-0.15, -0.1) is 0 Å². The topological polar surface area (TPSA) is 87.2 Å². The molecule has 1 saturated heterocycles. The lowest BCUT2D eigenvalue weighted by Gasteiger charge is -2.35. The van der Waals surface area contributed by atoms with Crippen LogP contribution in [0.15, 0.2) is 30.3 Å². The van der Waals surface area contributed by atoms with Crippen molar-refractivity contribution in [3.63, 3.8) is 0 Å². The quantitative estimate of drug-likeness (QED) is 0.329. The monoisotopic (exact) mass is 584 g/mol. The van der Waals surface area contributed by atoms with Crippen molar-refractivity contribution in [2.45, 2.75) is 77.3 Å². The molecule has 2 aromatic rings. The summed E-state index contributed by atoms with van der Waals surface area (Å²) < 4.78 is 20.2. The van der Waals surface area contributed by atoms with Gasteiger partial charge < -0.3 is 9.84 Å². The van der Waals surface area contributed by atoms with E-state index < -0.39 is 5.97 Å². The Bertz CT molecular complexity index is 1290. The number of likely N-dealkylation sites (tertiary alicyclic amines) is 1. The number of nitrogens with zero attached hydrogens (tertiary/aromatic N) is 2. The first-order valence-corrected chi connectivity index (χ1v) is 15.1. The molecule has 7 nitrogen and oxygen atoms in total. The van der Waals surface area contributed by atoms with Gasteiger partial charge in [0.15, 0.2) is 0 Å². The molecule has 1 heterocycles. The third-order valence-corrected chi connectivity index (χ3v) is 9.27. The van der Waals surface area contributed by atoms with Gasteiger partial charge in [-0.05, 0) is 91.3 Å². The van der Waals surface area contributed by atoms with Gasteiger partial charge in [0.25, 0.3) is 0 Å².